The average molecular weight is 460 g/mol. The lowest BCUT2D eigenvalue weighted by Gasteiger charge is -2.26. The maximum Gasteiger partial charge on any atom is 0.417 e. The number of aliphatic hydroxyl groups excluding tert-OH is 1. The Labute approximate surface area is 189 Å². The van der Waals surface area contributed by atoms with Crippen molar-refractivity contribution in [2.45, 2.75) is 38.5 Å². The van der Waals surface area contributed by atoms with Gasteiger partial charge in [0, 0.05) is 30.5 Å². The molecule has 1 atom stereocenters. The van der Waals surface area contributed by atoms with E-state index in [4.69, 9.17) is 0 Å². The number of carbonyl (C=O) groups excluding carboxylic acids is 1. The molecule has 2 aromatic carbocycles. The fourth-order valence-corrected chi connectivity index (χ4v) is 3.31. The molecule has 4 nitrogen and oxygen atoms in total. The zero-order valence-electron chi connectivity index (χ0n) is 18.2. The number of hydrogen-bond donors (Lipinski definition) is 1. The Bertz CT molecular complexity index is 1060. The van der Waals surface area contributed by atoms with Gasteiger partial charge in [-0.1, -0.05) is 38.1 Å². The number of carbonyl (C=O) groups is 1. The molecule has 1 N–H and O–H groups in total. The van der Waals surface area contributed by atoms with E-state index in [1.54, 1.807) is 12.1 Å². The molecule has 0 radical (unpaired) electrons. The molecule has 0 aliphatic heterocycles. The number of hydrogen-bond acceptors (Lipinski definition) is 3. The Kier molecular flexibility index (Phi) is 7.48. The molecular weight excluding hydrogens is 436 g/mol. The number of pyridine rings is 1. The number of aliphatic hydroxyl groups is 1. The molecule has 0 unspecified atom stereocenters. The summed E-state index contributed by atoms with van der Waals surface area (Å²) in [4.78, 5) is 18.4. The first-order chi connectivity index (χ1) is 15.6. The number of benzene rings is 2. The van der Waals surface area contributed by atoms with Gasteiger partial charge in [-0.3, -0.25) is 9.78 Å². The summed E-state index contributed by atoms with van der Waals surface area (Å²) >= 11 is 0. The third-order valence-corrected chi connectivity index (χ3v) is 5.30. The highest BCUT2D eigenvalue weighted by atomic mass is 19.4. The van der Waals surface area contributed by atoms with Crippen LogP contribution in [0.4, 0.5) is 23.2 Å². The maximum absolute atomic E-state index is 13.2. The fourth-order valence-electron chi connectivity index (χ4n) is 3.31. The van der Waals surface area contributed by atoms with Crippen LogP contribution in [0.3, 0.4) is 0 Å². The van der Waals surface area contributed by atoms with E-state index < -0.39 is 29.6 Å². The van der Waals surface area contributed by atoms with Crippen LogP contribution in [-0.2, 0) is 17.4 Å². The lowest BCUT2D eigenvalue weighted by molar-refractivity contribution is -0.137. The van der Waals surface area contributed by atoms with E-state index in [-0.39, 0.29) is 24.4 Å². The summed E-state index contributed by atoms with van der Waals surface area (Å²) in [6.07, 6.45) is -5.08. The second-order valence-corrected chi connectivity index (χ2v) is 7.98. The molecule has 0 aliphatic carbocycles. The number of anilines is 1. The van der Waals surface area contributed by atoms with Crippen molar-refractivity contribution < 1.29 is 27.5 Å². The van der Waals surface area contributed by atoms with Gasteiger partial charge >= 0.3 is 6.18 Å². The molecule has 1 heterocycles. The van der Waals surface area contributed by atoms with Crippen molar-refractivity contribution in [3.8, 4) is 0 Å². The summed E-state index contributed by atoms with van der Waals surface area (Å²) in [7, 11) is 0. The maximum atomic E-state index is 13.2. The van der Waals surface area contributed by atoms with Gasteiger partial charge < -0.3 is 10.0 Å². The van der Waals surface area contributed by atoms with Gasteiger partial charge in [0.05, 0.1) is 5.56 Å². The normalized spacial score (nSPS) is 12.6. The van der Waals surface area contributed by atoms with Crippen LogP contribution >= 0.6 is 0 Å². The Morgan fingerprint density at radius 1 is 0.970 bits per heavy atom. The monoisotopic (exact) mass is 460 g/mol. The number of amides is 1. The molecule has 0 aliphatic rings. The molecule has 3 aromatic rings. The summed E-state index contributed by atoms with van der Waals surface area (Å²) in [5.41, 5.74) is 1.34. The van der Waals surface area contributed by atoms with Gasteiger partial charge in [0.2, 0.25) is 0 Å². The van der Waals surface area contributed by atoms with E-state index in [1.165, 1.54) is 23.1 Å². The second-order valence-electron chi connectivity index (χ2n) is 7.98. The number of nitrogens with zero attached hydrogens (tertiary/aromatic N) is 2. The summed E-state index contributed by atoms with van der Waals surface area (Å²) in [6.45, 7) is 4.15. The van der Waals surface area contributed by atoms with Crippen molar-refractivity contribution in [1.82, 2.24) is 4.98 Å². The zero-order valence-corrected chi connectivity index (χ0v) is 18.2. The topological polar surface area (TPSA) is 53.4 Å². The highest BCUT2D eigenvalue weighted by Crippen LogP contribution is 2.29. The van der Waals surface area contributed by atoms with Crippen LogP contribution in [0.2, 0.25) is 0 Å². The van der Waals surface area contributed by atoms with E-state index in [9.17, 15) is 27.5 Å². The van der Waals surface area contributed by atoms with E-state index in [2.05, 4.69) is 4.98 Å². The second kappa shape index (κ2) is 10.1. The summed E-state index contributed by atoms with van der Waals surface area (Å²) in [6, 6.07) is 14.4. The minimum atomic E-state index is -4.48. The Morgan fingerprint density at radius 2 is 1.58 bits per heavy atom. The largest absolute Gasteiger partial charge is 0.417 e. The predicted octanol–water partition coefficient (Wildman–Crippen LogP) is 5.67. The molecule has 174 valence electrons. The zero-order chi connectivity index (χ0) is 24.2. The summed E-state index contributed by atoms with van der Waals surface area (Å²) in [5, 5.41) is 10.6. The summed E-state index contributed by atoms with van der Waals surface area (Å²) in [5.74, 6) is -0.844. The van der Waals surface area contributed by atoms with Crippen molar-refractivity contribution in [3.05, 3.63) is 95.1 Å². The standard InChI is InChI=1S/C25H24F4N2O2/c1-16(2)17-5-11-22(12-6-17)31(24(33)23(32)18-3-8-20(26)9-4-18)14-13-21-10-7-19(15-30-21)25(27,28)29/h3-12,15-16,23,32H,13-14H2,1-2H3/t23-/m0/s1. The fraction of sp³-hybridized carbons (Fsp3) is 0.280. The van der Waals surface area contributed by atoms with Crippen LogP contribution in [0.25, 0.3) is 0 Å². The van der Waals surface area contributed by atoms with Gasteiger partial charge in [-0.25, -0.2) is 4.39 Å². The highest BCUT2D eigenvalue weighted by molar-refractivity contribution is 5.97. The first kappa shape index (κ1) is 24.4. The molecule has 0 spiro atoms. The van der Waals surface area contributed by atoms with Crippen LogP contribution in [0.1, 0.15) is 48.3 Å². The van der Waals surface area contributed by atoms with Crippen molar-refractivity contribution in [2.24, 2.45) is 0 Å². The Balaban J connectivity index is 1.84. The van der Waals surface area contributed by atoms with Gasteiger partial charge in [0.25, 0.3) is 5.91 Å². The van der Waals surface area contributed by atoms with Crippen molar-refractivity contribution in [1.29, 1.82) is 0 Å². The first-order valence-electron chi connectivity index (χ1n) is 10.4. The van der Waals surface area contributed by atoms with Crippen LogP contribution in [-0.4, -0.2) is 22.5 Å². The van der Waals surface area contributed by atoms with E-state index >= 15 is 0 Å². The third kappa shape index (κ3) is 6.16. The van der Waals surface area contributed by atoms with Crippen LogP contribution in [0.5, 0.6) is 0 Å². The molecule has 8 heteroatoms. The SMILES string of the molecule is CC(C)c1ccc(N(CCc2ccc(C(F)(F)F)cn2)C(=O)[C@@H](O)c2ccc(F)cc2)cc1. The van der Waals surface area contributed by atoms with Gasteiger partial charge in [-0.05, 0) is 53.4 Å². The molecule has 0 bridgehead atoms. The molecule has 1 aromatic heterocycles. The van der Waals surface area contributed by atoms with Gasteiger partial charge in [-0.15, -0.1) is 0 Å². The number of rotatable bonds is 7. The van der Waals surface area contributed by atoms with E-state index in [0.717, 1.165) is 30.0 Å². The van der Waals surface area contributed by atoms with Crippen LogP contribution in [0, 0.1) is 5.82 Å². The van der Waals surface area contributed by atoms with Crippen molar-refractivity contribution in [3.63, 3.8) is 0 Å². The number of aromatic nitrogens is 1. The van der Waals surface area contributed by atoms with E-state index in [0.29, 0.717) is 11.4 Å². The lowest BCUT2D eigenvalue weighted by atomic mass is 10.0. The quantitative estimate of drug-likeness (QED) is 0.462. The number of alkyl halides is 3. The smallest absolute Gasteiger partial charge is 0.378 e. The molecule has 3 rings (SSSR count). The molecule has 1 amide bonds. The molecular formula is C25H24F4N2O2. The van der Waals surface area contributed by atoms with E-state index in [1.807, 2.05) is 26.0 Å². The number of halogens is 4. The Hall–Kier alpha value is -3.26. The van der Waals surface area contributed by atoms with Gasteiger partial charge in [0.15, 0.2) is 6.10 Å². The molecule has 33 heavy (non-hydrogen) atoms. The van der Waals surface area contributed by atoms with Crippen molar-refractivity contribution >= 4 is 11.6 Å². The highest BCUT2D eigenvalue weighted by Gasteiger charge is 2.31. The average Bonchev–Trinajstić information content (AvgIpc) is 2.79. The van der Waals surface area contributed by atoms with Crippen LogP contribution in [0.15, 0.2) is 66.9 Å². The minimum absolute atomic E-state index is 0.0798. The first-order valence-corrected chi connectivity index (χ1v) is 10.4. The summed E-state index contributed by atoms with van der Waals surface area (Å²) < 4.78 is 51.6. The Morgan fingerprint density at radius 3 is 2.09 bits per heavy atom. The van der Waals surface area contributed by atoms with Crippen molar-refractivity contribution in [2.75, 3.05) is 11.4 Å². The minimum Gasteiger partial charge on any atom is -0.378 e. The predicted molar refractivity (Wildman–Crippen MR) is 117 cm³/mol. The third-order valence-electron chi connectivity index (χ3n) is 5.30. The lowest BCUT2D eigenvalue weighted by Crippen LogP contribution is -2.37. The molecule has 0 saturated carbocycles. The molecule has 0 fully saturated rings. The van der Waals surface area contributed by atoms with Gasteiger partial charge in [-0.2, -0.15) is 13.2 Å². The van der Waals surface area contributed by atoms with Gasteiger partial charge in [0.1, 0.15) is 5.82 Å². The van der Waals surface area contributed by atoms with Crippen LogP contribution < -0.4 is 4.90 Å². The molecule has 0 saturated heterocycles.